The van der Waals surface area contributed by atoms with Gasteiger partial charge in [-0.25, -0.2) is 13.1 Å². The predicted molar refractivity (Wildman–Crippen MR) is 96.1 cm³/mol. The van der Waals surface area contributed by atoms with Crippen LogP contribution in [0.2, 0.25) is 0 Å². The second-order valence-electron chi connectivity index (χ2n) is 5.47. The van der Waals surface area contributed by atoms with E-state index in [-0.39, 0.29) is 28.2 Å². The summed E-state index contributed by atoms with van der Waals surface area (Å²) in [6, 6.07) is 5.71. The summed E-state index contributed by atoms with van der Waals surface area (Å²) in [7, 11) is -3.52. The SMILES string of the molecule is CSc1nn(CC(=O)Nc2c(C)cccc2C)c(N)c1S(C)(=O)=O. The van der Waals surface area contributed by atoms with Crippen LogP contribution in [-0.2, 0) is 21.2 Å². The minimum Gasteiger partial charge on any atom is -0.383 e. The molecule has 0 atom stereocenters. The first-order chi connectivity index (χ1) is 11.1. The smallest absolute Gasteiger partial charge is 0.246 e. The van der Waals surface area contributed by atoms with Crippen molar-refractivity contribution >= 4 is 39.0 Å². The summed E-state index contributed by atoms with van der Waals surface area (Å²) in [4.78, 5) is 12.3. The lowest BCUT2D eigenvalue weighted by Gasteiger charge is -2.12. The number of rotatable bonds is 5. The predicted octanol–water partition coefficient (Wildman–Crippen LogP) is 1.85. The van der Waals surface area contributed by atoms with E-state index >= 15 is 0 Å². The average Bonchev–Trinajstić information content (AvgIpc) is 2.79. The maximum atomic E-state index is 12.3. The normalized spacial score (nSPS) is 11.5. The zero-order chi connectivity index (χ0) is 18.1. The molecule has 130 valence electrons. The molecular weight excluding hydrogens is 348 g/mol. The van der Waals surface area contributed by atoms with Gasteiger partial charge in [-0.05, 0) is 31.2 Å². The minimum atomic E-state index is -3.52. The molecule has 0 aliphatic rings. The van der Waals surface area contributed by atoms with Gasteiger partial charge in [-0.3, -0.25) is 4.79 Å². The quantitative estimate of drug-likeness (QED) is 0.780. The molecule has 2 rings (SSSR count). The number of nitrogens with zero attached hydrogens (tertiary/aromatic N) is 2. The molecule has 1 heterocycles. The van der Waals surface area contributed by atoms with E-state index in [1.54, 1.807) is 6.26 Å². The molecule has 3 N–H and O–H groups in total. The first-order valence-electron chi connectivity index (χ1n) is 7.11. The standard InChI is InChI=1S/C15H20N4O3S2/c1-9-6-5-7-10(2)12(9)17-11(20)8-19-14(16)13(24(4,21)22)15(18-19)23-3/h5-7H,8,16H2,1-4H3,(H,17,20). The third-order valence-corrected chi connectivity index (χ3v) is 5.47. The van der Waals surface area contributed by atoms with Gasteiger partial charge in [0, 0.05) is 11.9 Å². The molecule has 1 aromatic heterocycles. The number of benzene rings is 1. The highest BCUT2D eigenvalue weighted by molar-refractivity contribution is 7.99. The van der Waals surface area contributed by atoms with Gasteiger partial charge < -0.3 is 11.1 Å². The van der Waals surface area contributed by atoms with E-state index < -0.39 is 9.84 Å². The Balaban J connectivity index is 2.29. The number of nitrogen functional groups attached to an aromatic ring is 1. The molecule has 0 fully saturated rings. The van der Waals surface area contributed by atoms with Crippen molar-refractivity contribution in [3.05, 3.63) is 29.3 Å². The summed E-state index contributed by atoms with van der Waals surface area (Å²) in [6.07, 6.45) is 2.78. The summed E-state index contributed by atoms with van der Waals surface area (Å²) < 4.78 is 24.9. The Bertz CT molecular complexity index is 868. The van der Waals surface area contributed by atoms with Crippen LogP contribution in [0.15, 0.2) is 28.1 Å². The summed E-state index contributed by atoms with van der Waals surface area (Å²) in [5.74, 6) is -0.354. The van der Waals surface area contributed by atoms with Crippen molar-refractivity contribution in [2.24, 2.45) is 0 Å². The number of hydrogen-bond donors (Lipinski definition) is 2. The molecule has 0 unspecified atom stereocenters. The van der Waals surface area contributed by atoms with Gasteiger partial charge in [0.05, 0.1) is 0 Å². The zero-order valence-electron chi connectivity index (χ0n) is 14.0. The van der Waals surface area contributed by atoms with E-state index in [0.29, 0.717) is 0 Å². The molecule has 24 heavy (non-hydrogen) atoms. The van der Waals surface area contributed by atoms with E-state index in [4.69, 9.17) is 5.73 Å². The van der Waals surface area contributed by atoms with Crippen LogP contribution in [0.25, 0.3) is 0 Å². The Morgan fingerprint density at radius 2 is 1.92 bits per heavy atom. The monoisotopic (exact) mass is 368 g/mol. The number of anilines is 2. The third-order valence-electron chi connectivity index (χ3n) is 3.52. The Labute approximate surface area is 145 Å². The molecule has 0 saturated carbocycles. The molecule has 0 radical (unpaired) electrons. The third kappa shape index (κ3) is 3.73. The Morgan fingerprint density at radius 1 is 1.33 bits per heavy atom. The highest BCUT2D eigenvalue weighted by Crippen LogP contribution is 2.29. The van der Waals surface area contributed by atoms with E-state index in [0.717, 1.165) is 23.1 Å². The molecule has 0 spiro atoms. The van der Waals surface area contributed by atoms with E-state index in [2.05, 4.69) is 10.4 Å². The van der Waals surface area contributed by atoms with Crippen molar-refractivity contribution in [2.75, 3.05) is 23.6 Å². The van der Waals surface area contributed by atoms with Crippen LogP contribution in [0.4, 0.5) is 11.5 Å². The van der Waals surface area contributed by atoms with E-state index in [9.17, 15) is 13.2 Å². The first kappa shape index (κ1) is 18.3. The second-order valence-corrected chi connectivity index (χ2v) is 8.22. The highest BCUT2D eigenvalue weighted by Gasteiger charge is 2.24. The van der Waals surface area contributed by atoms with Crippen LogP contribution in [0.5, 0.6) is 0 Å². The number of aryl methyl sites for hydroxylation is 2. The molecule has 0 aliphatic carbocycles. The lowest BCUT2D eigenvalue weighted by molar-refractivity contribution is -0.116. The number of aromatic nitrogens is 2. The topological polar surface area (TPSA) is 107 Å². The molecular formula is C15H20N4O3S2. The lowest BCUT2D eigenvalue weighted by Crippen LogP contribution is -2.21. The Hall–Kier alpha value is -2.00. The number of para-hydroxylation sites is 1. The largest absolute Gasteiger partial charge is 0.383 e. The van der Waals surface area contributed by atoms with E-state index in [1.807, 2.05) is 32.0 Å². The van der Waals surface area contributed by atoms with Gasteiger partial charge in [-0.2, -0.15) is 5.10 Å². The fraction of sp³-hybridized carbons (Fsp3) is 0.333. The minimum absolute atomic E-state index is 0.0292. The van der Waals surface area contributed by atoms with Crippen molar-refractivity contribution in [1.82, 2.24) is 9.78 Å². The first-order valence-corrected chi connectivity index (χ1v) is 10.2. The molecule has 9 heteroatoms. The van der Waals surface area contributed by atoms with Gasteiger partial charge in [0.15, 0.2) is 9.84 Å². The number of nitrogens with two attached hydrogens (primary N) is 1. The summed E-state index contributed by atoms with van der Waals surface area (Å²) in [6.45, 7) is 3.64. The molecule has 0 aliphatic heterocycles. The fourth-order valence-electron chi connectivity index (χ4n) is 2.36. The van der Waals surface area contributed by atoms with Crippen molar-refractivity contribution in [1.29, 1.82) is 0 Å². The van der Waals surface area contributed by atoms with Crippen LogP contribution in [0, 0.1) is 13.8 Å². The van der Waals surface area contributed by atoms with Crippen LogP contribution < -0.4 is 11.1 Å². The van der Waals surface area contributed by atoms with Crippen LogP contribution in [-0.4, -0.2) is 36.6 Å². The summed E-state index contributed by atoms with van der Waals surface area (Å²) >= 11 is 1.17. The maximum Gasteiger partial charge on any atom is 0.246 e. The van der Waals surface area contributed by atoms with Crippen LogP contribution in [0.1, 0.15) is 11.1 Å². The zero-order valence-corrected chi connectivity index (χ0v) is 15.6. The van der Waals surface area contributed by atoms with E-state index in [1.165, 1.54) is 16.4 Å². The van der Waals surface area contributed by atoms with Gasteiger partial charge >= 0.3 is 0 Å². The fourth-order valence-corrected chi connectivity index (χ4v) is 4.38. The summed E-state index contributed by atoms with van der Waals surface area (Å²) in [5, 5.41) is 7.25. The van der Waals surface area contributed by atoms with Crippen molar-refractivity contribution in [3.8, 4) is 0 Å². The Morgan fingerprint density at radius 3 is 2.38 bits per heavy atom. The highest BCUT2D eigenvalue weighted by atomic mass is 32.2. The number of sulfone groups is 1. The molecule has 1 amide bonds. The van der Waals surface area contributed by atoms with Crippen molar-refractivity contribution in [2.45, 2.75) is 30.3 Å². The van der Waals surface area contributed by atoms with Crippen LogP contribution >= 0.6 is 11.8 Å². The number of thioether (sulfide) groups is 1. The lowest BCUT2D eigenvalue weighted by atomic mass is 10.1. The second kappa shape index (κ2) is 6.86. The van der Waals surface area contributed by atoms with Crippen molar-refractivity contribution in [3.63, 3.8) is 0 Å². The molecule has 2 aromatic rings. The van der Waals surface area contributed by atoms with Gasteiger partial charge in [-0.1, -0.05) is 18.2 Å². The van der Waals surface area contributed by atoms with Gasteiger partial charge in [0.25, 0.3) is 0 Å². The van der Waals surface area contributed by atoms with Crippen molar-refractivity contribution < 1.29 is 13.2 Å². The van der Waals surface area contributed by atoms with Gasteiger partial charge in [0.1, 0.15) is 22.3 Å². The number of hydrogen-bond acceptors (Lipinski definition) is 6. The number of amides is 1. The molecule has 7 nitrogen and oxygen atoms in total. The number of carbonyl (C=O) groups excluding carboxylic acids is 1. The van der Waals surface area contributed by atoms with Gasteiger partial charge in [0.2, 0.25) is 5.91 Å². The molecule has 0 bridgehead atoms. The van der Waals surface area contributed by atoms with Gasteiger partial charge in [-0.15, -0.1) is 11.8 Å². The Kier molecular flexibility index (Phi) is 5.24. The molecule has 1 aromatic carbocycles. The average molecular weight is 368 g/mol. The molecule has 0 saturated heterocycles. The maximum absolute atomic E-state index is 12.3. The number of nitrogens with one attached hydrogen (secondary N) is 1. The van der Waals surface area contributed by atoms with Crippen LogP contribution in [0.3, 0.4) is 0 Å². The number of carbonyl (C=O) groups is 1. The summed E-state index contributed by atoms with van der Waals surface area (Å²) in [5.41, 5.74) is 8.52.